The molecule has 0 atom stereocenters. The molecule has 1 rings (SSSR count). The van der Waals surface area contributed by atoms with Gasteiger partial charge in [-0.1, -0.05) is 6.07 Å². The third kappa shape index (κ3) is 3.13. The van der Waals surface area contributed by atoms with Crippen LogP contribution in [0.1, 0.15) is 20.7 Å². The first-order valence-corrected chi connectivity index (χ1v) is 5.69. The van der Waals surface area contributed by atoms with Crippen molar-refractivity contribution < 1.29 is 19.6 Å². The molecule has 0 radical (unpaired) electrons. The lowest BCUT2D eigenvalue weighted by Gasteiger charge is -2.18. The van der Waals surface area contributed by atoms with Crippen molar-refractivity contribution in [2.75, 3.05) is 28.2 Å². The molecule has 0 spiro atoms. The van der Waals surface area contributed by atoms with Gasteiger partial charge in [0.15, 0.2) is 0 Å². The maximum Gasteiger partial charge on any atom is 0.490 e. The standard InChI is InChI=1S/C12H17BN2O4/c1-14(2)11(16)8-6-5-7-9(10(8)13(18)19)12(17)15(3)4/h5-7,18-19H,1-4H3. The van der Waals surface area contributed by atoms with Gasteiger partial charge in [0.25, 0.3) is 11.8 Å². The van der Waals surface area contributed by atoms with Gasteiger partial charge in [0.1, 0.15) is 0 Å². The Balaban J connectivity index is 3.47. The summed E-state index contributed by atoms with van der Waals surface area (Å²) < 4.78 is 0. The molecule has 0 aliphatic carbocycles. The minimum atomic E-state index is -1.89. The molecule has 0 saturated carbocycles. The molecule has 0 aromatic heterocycles. The van der Waals surface area contributed by atoms with E-state index in [4.69, 9.17) is 0 Å². The fourth-order valence-corrected chi connectivity index (χ4v) is 1.70. The highest BCUT2D eigenvalue weighted by molar-refractivity contribution is 6.62. The van der Waals surface area contributed by atoms with Crippen molar-refractivity contribution >= 4 is 24.4 Å². The van der Waals surface area contributed by atoms with Gasteiger partial charge in [-0.25, -0.2) is 0 Å². The summed E-state index contributed by atoms with van der Waals surface area (Å²) in [5, 5.41) is 18.9. The van der Waals surface area contributed by atoms with Gasteiger partial charge < -0.3 is 19.8 Å². The second-order valence-corrected chi connectivity index (χ2v) is 4.54. The van der Waals surface area contributed by atoms with Gasteiger partial charge in [0, 0.05) is 44.8 Å². The van der Waals surface area contributed by atoms with E-state index in [2.05, 4.69) is 0 Å². The lowest BCUT2D eigenvalue weighted by Crippen LogP contribution is -2.43. The van der Waals surface area contributed by atoms with E-state index in [1.54, 1.807) is 34.3 Å². The third-order valence-electron chi connectivity index (χ3n) is 2.64. The van der Waals surface area contributed by atoms with Crippen molar-refractivity contribution in [3.8, 4) is 0 Å². The summed E-state index contributed by atoms with van der Waals surface area (Å²) in [6.07, 6.45) is 0. The highest BCUT2D eigenvalue weighted by atomic mass is 16.4. The predicted octanol–water partition coefficient (Wildman–Crippen LogP) is -1.23. The summed E-state index contributed by atoms with van der Waals surface area (Å²) in [5.74, 6) is -0.784. The third-order valence-corrected chi connectivity index (χ3v) is 2.64. The Kier molecular flexibility index (Phi) is 4.69. The average Bonchev–Trinajstić information content (AvgIpc) is 2.35. The van der Waals surface area contributed by atoms with Gasteiger partial charge in [0.05, 0.1) is 0 Å². The zero-order valence-corrected chi connectivity index (χ0v) is 11.4. The van der Waals surface area contributed by atoms with E-state index in [0.717, 1.165) is 0 Å². The first kappa shape index (κ1) is 15.2. The zero-order valence-electron chi connectivity index (χ0n) is 11.4. The number of hydrogen-bond acceptors (Lipinski definition) is 4. The lowest BCUT2D eigenvalue weighted by molar-refractivity contribution is 0.0828. The van der Waals surface area contributed by atoms with Crippen molar-refractivity contribution in [3.63, 3.8) is 0 Å². The Morgan fingerprint density at radius 1 is 0.947 bits per heavy atom. The number of amides is 2. The second-order valence-electron chi connectivity index (χ2n) is 4.54. The van der Waals surface area contributed by atoms with Gasteiger partial charge in [-0.15, -0.1) is 0 Å². The van der Waals surface area contributed by atoms with Crippen LogP contribution < -0.4 is 5.46 Å². The Bertz CT molecular complexity index is 462. The largest absolute Gasteiger partial charge is 0.490 e. The van der Waals surface area contributed by atoms with E-state index < -0.39 is 18.9 Å². The molecule has 19 heavy (non-hydrogen) atoms. The Morgan fingerprint density at radius 3 is 1.58 bits per heavy atom. The maximum absolute atomic E-state index is 12.0. The summed E-state index contributed by atoms with van der Waals surface area (Å²) in [7, 11) is 4.32. The van der Waals surface area contributed by atoms with E-state index in [1.165, 1.54) is 21.9 Å². The van der Waals surface area contributed by atoms with Gasteiger partial charge in [-0.05, 0) is 12.1 Å². The van der Waals surface area contributed by atoms with Crippen LogP contribution >= 0.6 is 0 Å². The van der Waals surface area contributed by atoms with E-state index in [1.807, 2.05) is 0 Å². The van der Waals surface area contributed by atoms with Gasteiger partial charge in [-0.2, -0.15) is 0 Å². The average molecular weight is 264 g/mol. The van der Waals surface area contributed by atoms with Gasteiger partial charge in [-0.3, -0.25) is 9.59 Å². The highest BCUT2D eigenvalue weighted by Crippen LogP contribution is 2.08. The Morgan fingerprint density at radius 2 is 1.32 bits per heavy atom. The molecule has 6 nitrogen and oxygen atoms in total. The fourth-order valence-electron chi connectivity index (χ4n) is 1.70. The quantitative estimate of drug-likeness (QED) is 0.670. The molecule has 2 N–H and O–H groups in total. The number of benzene rings is 1. The van der Waals surface area contributed by atoms with Crippen LogP contribution in [0.15, 0.2) is 18.2 Å². The molecular weight excluding hydrogens is 247 g/mol. The van der Waals surface area contributed by atoms with Crippen molar-refractivity contribution in [2.24, 2.45) is 0 Å². The summed E-state index contributed by atoms with van der Waals surface area (Å²) in [6.45, 7) is 0. The van der Waals surface area contributed by atoms with Crippen LogP contribution in [-0.2, 0) is 0 Å². The fraction of sp³-hybridized carbons (Fsp3) is 0.333. The van der Waals surface area contributed by atoms with E-state index >= 15 is 0 Å². The molecule has 0 unspecified atom stereocenters. The molecule has 0 saturated heterocycles. The number of hydrogen-bond donors (Lipinski definition) is 2. The van der Waals surface area contributed by atoms with E-state index in [9.17, 15) is 19.6 Å². The highest BCUT2D eigenvalue weighted by Gasteiger charge is 2.28. The molecule has 1 aromatic rings. The molecule has 0 bridgehead atoms. The van der Waals surface area contributed by atoms with Crippen LogP contribution in [0.2, 0.25) is 0 Å². The van der Waals surface area contributed by atoms with Crippen molar-refractivity contribution in [1.29, 1.82) is 0 Å². The summed E-state index contributed by atoms with van der Waals surface area (Å²) in [4.78, 5) is 26.6. The van der Waals surface area contributed by atoms with Crippen molar-refractivity contribution in [3.05, 3.63) is 29.3 Å². The van der Waals surface area contributed by atoms with Crippen molar-refractivity contribution in [1.82, 2.24) is 9.80 Å². The van der Waals surface area contributed by atoms with E-state index in [0.29, 0.717) is 0 Å². The maximum atomic E-state index is 12.0. The number of nitrogens with zero attached hydrogens (tertiary/aromatic N) is 2. The van der Waals surface area contributed by atoms with E-state index in [-0.39, 0.29) is 16.6 Å². The van der Waals surface area contributed by atoms with Gasteiger partial charge in [0.2, 0.25) is 0 Å². The number of rotatable bonds is 3. The van der Waals surface area contributed by atoms with Crippen LogP contribution in [0.3, 0.4) is 0 Å². The molecule has 1 aromatic carbocycles. The first-order chi connectivity index (χ1) is 8.77. The molecular formula is C12H17BN2O4. The van der Waals surface area contributed by atoms with Gasteiger partial charge >= 0.3 is 7.12 Å². The lowest BCUT2D eigenvalue weighted by atomic mass is 9.73. The van der Waals surface area contributed by atoms with Crippen LogP contribution in [0, 0.1) is 0 Å². The molecule has 0 fully saturated rings. The summed E-state index contributed by atoms with van der Waals surface area (Å²) in [6, 6.07) is 4.46. The Hall–Kier alpha value is -1.86. The van der Waals surface area contributed by atoms with Crippen LogP contribution in [-0.4, -0.2) is 67.0 Å². The number of carbonyl (C=O) groups excluding carboxylic acids is 2. The first-order valence-electron chi connectivity index (χ1n) is 5.69. The molecule has 7 heteroatoms. The molecule has 0 heterocycles. The molecule has 102 valence electrons. The number of carbonyl (C=O) groups is 2. The van der Waals surface area contributed by atoms with Crippen molar-refractivity contribution in [2.45, 2.75) is 0 Å². The van der Waals surface area contributed by atoms with Crippen LogP contribution in [0.5, 0.6) is 0 Å². The zero-order chi connectivity index (χ0) is 14.7. The summed E-state index contributed by atoms with van der Waals surface area (Å²) >= 11 is 0. The van der Waals surface area contributed by atoms with Crippen LogP contribution in [0.25, 0.3) is 0 Å². The molecule has 0 aliphatic rings. The molecule has 2 amide bonds. The smallest absolute Gasteiger partial charge is 0.423 e. The Labute approximate surface area is 112 Å². The monoisotopic (exact) mass is 264 g/mol. The second kappa shape index (κ2) is 5.86. The summed E-state index contributed by atoms with van der Waals surface area (Å²) in [5.41, 5.74) is 0.139. The minimum Gasteiger partial charge on any atom is -0.423 e. The topological polar surface area (TPSA) is 81.1 Å². The normalized spacial score (nSPS) is 10.0. The molecule has 0 aliphatic heterocycles. The predicted molar refractivity (Wildman–Crippen MR) is 72.3 cm³/mol. The minimum absolute atomic E-state index is 0.0695. The van der Waals surface area contributed by atoms with Crippen LogP contribution in [0.4, 0.5) is 0 Å². The SMILES string of the molecule is CN(C)C(=O)c1cccc(C(=O)N(C)C)c1B(O)O.